The molecule has 2 N–H and O–H groups in total. The highest BCUT2D eigenvalue weighted by molar-refractivity contribution is 5.96. The molecule has 0 radical (unpaired) electrons. The molecule has 10 heteroatoms. The lowest BCUT2D eigenvalue weighted by Crippen LogP contribution is -2.42. The van der Waals surface area contributed by atoms with E-state index in [-0.39, 0.29) is 12.0 Å². The van der Waals surface area contributed by atoms with Gasteiger partial charge in [0.25, 0.3) is 5.91 Å². The molecule has 2 rings (SSSR count). The van der Waals surface area contributed by atoms with Gasteiger partial charge in [-0.25, -0.2) is 0 Å². The van der Waals surface area contributed by atoms with Crippen LogP contribution in [0.2, 0.25) is 0 Å². The number of benzene rings is 2. The molecule has 2 amide bonds. The Morgan fingerprint density at radius 3 is 1.79 bits per heavy atom. The molecule has 0 aliphatic carbocycles. The molecule has 0 saturated heterocycles. The number of methoxy groups -OCH3 is 3. The highest BCUT2D eigenvalue weighted by Gasteiger charge is 2.20. The summed E-state index contributed by atoms with van der Waals surface area (Å²) in [6, 6.07) is 6.44. The smallest absolute Gasteiger partial charge is 0.269 e. The minimum Gasteiger partial charge on any atom is -0.493 e. The first kappa shape index (κ1) is 26.4. The first-order chi connectivity index (χ1) is 16.4. The molecular weight excluding hydrogens is 444 g/mol. The molecule has 0 saturated carbocycles. The molecule has 2 aromatic rings. The number of carbonyl (C=O) groups excluding carboxylic acids is 2. The van der Waals surface area contributed by atoms with Crippen LogP contribution < -0.4 is 39.3 Å². The Morgan fingerprint density at radius 1 is 0.706 bits per heavy atom. The van der Waals surface area contributed by atoms with Gasteiger partial charge in [0.1, 0.15) is 0 Å². The monoisotopic (exact) mass is 476 g/mol. The largest absolute Gasteiger partial charge is 0.493 e. The van der Waals surface area contributed by atoms with Crippen LogP contribution in [0.1, 0.15) is 36.7 Å². The molecular formula is C24H32N2O8. The zero-order valence-electron chi connectivity index (χ0n) is 20.4. The fourth-order valence-electron chi connectivity index (χ4n) is 3.24. The second-order valence-electron chi connectivity index (χ2n) is 6.77. The predicted octanol–water partition coefficient (Wildman–Crippen LogP) is 2.91. The highest BCUT2D eigenvalue weighted by atomic mass is 16.5. The summed E-state index contributed by atoms with van der Waals surface area (Å²) >= 11 is 0. The normalized spacial score (nSPS) is 10.2. The summed E-state index contributed by atoms with van der Waals surface area (Å²) in [4.78, 5) is 25.3. The van der Waals surface area contributed by atoms with Gasteiger partial charge in [-0.15, -0.1) is 0 Å². The van der Waals surface area contributed by atoms with Gasteiger partial charge in [-0.05, 0) is 39.0 Å². The average molecular weight is 477 g/mol. The van der Waals surface area contributed by atoms with E-state index in [0.717, 1.165) is 0 Å². The van der Waals surface area contributed by atoms with Gasteiger partial charge >= 0.3 is 0 Å². The van der Waals surface area contributed by atoms with Crippen molar-refractivity contribution < 1.29 is 38.0 Å². The van der Waals surface area contributed by atoms with Crippen LogP contribution in [0.25, 0.3) is 0 Å². The van der Waals surface area contributed by atoms with E-state index in [9.17, 15) is 9.59 Å². The summed E-state index contributed by atoms with van der Waals surface area (Å²) < 4.78 is 32.9. The van der Waals surface area contributed by atoms with E-state index in [0.29, 0.717) is 59.9 Å². The fourth-order valence-corrected chi connectivity index (χ4v) is 3.24. The Labute approximate surface area is 199 Å². The molecule has 186 valence electrons. The van der Waals surface area contributed by atoms with Gasteiger partial charge in [0.05, 0.1) is 47.6 Å². The average Bonchev–Trinajstić information content (AvgIpc) is 2.84. The molecule has 2 aromatic carbocycles. The summed E-state index contributed by atoms with van der Waals surface area (Å²) in [7, 11) is 4.46. The fraction of sp³-hybridized carbons (Fsp3) is 0.417. The highest BCUT2D eigenvalue weighted by Crippen LogP contribution is 2.40. The van der Waals surface area contributed by atoms with Gasteiger partial charge < -0.3 is 28.4 Å². The molecule has 0 atom stereocenters. The maximum atomic E-state index is 12.8. The van der Waals surface area contributed by atoms with Crippen LogP contribution in [0, 0.1) is 0 Å². The standard InChI is InChI=1S/C24H32N2O8/c1-7-32-18-12-16(13-19(33-8-2)22(18)34-9-3)24(28)26-25-20(27)14-15-10-11-17(29-4)23(31-6)21(15)30-5/h10-13H,7-9,14H2,1-6H3,(H,25,27)(H,26,28). The van der Waals surface area contributed by atoms with Crippen LogP contribution in [0.15, 0.2) is 24.3 Å². The molecule has 0 heterocycles. The third-order valence-corrected chi connectivity index (χ3v) is 4.62. The molecule has 0 aliphatic rings. The Hall–Kier alpha value is -3.82. The number of hydrazine groups is 1. The van der Waals surface area contributed by atoms with E-state index in [1.807, 2.05) is 20.8 Å². The summed E-state index contributed by atoms with van der Waals surface area (Å²) in [6.45, 7) is 6.65. The number of nitrogens with one attached hydrogen (secondary N) is 2. The van der Waals surface area contributed by atoms with Gasteiger partial charge in [0.2, 0.25) is 17.4 Å². The first-order valence-electron chi connectivity index (χ1n) is 10.9. The zero-order valence-corrected chi connectivity index (χ0v) is 20.4. The molecule has 0 aromatic heterocycles. The Kier molecular flexibility index (Phi) is 10.1. The van der Waals surface area contributed by atoms with Gasteiger partial charge in [-0.3, -0.25) is 20.4 Å². The molecule has 0 unspecified atom stereocenters. The third kappa shape index (κ3) is 6.37. The van der Waals surface area contributed by atoms with Crippen molar-refractivity contribution in [3.8, 4) is 34.5 Å². The topological polar surface area (TPSA) is 114 Å². The van der Waals surface area contributed by atoms with Crippen molar-refractivity contribution in [1.29, 1.82) is 0 Å². The maximum absolute atomic E-state index is 12.8. The van der Waals surface area contributed by atoms with Crippen molar-refractivity contribution in [3.05, 3.63) is 35.4 Å². The molecule has 10 nitrogen and oxygen atoms in total. The number of ether oxygens (including phenoxy) is 6. The Morgan fingerprint density at radius 2 is 1.29 bits per heavy atom. The van der Waals surface area contributed by atoms with Gasteiger partial charge in [0.15, 0.2) is 23.0 Å². The third-order valence-electron chi connectivity index (χ3n) is 4.62. The van der Waals surface area contributed by atoms with Crippen LogP contribution in [-0.2, 0) is 11.2 Å². The number of rotatable bonds is 12. The second kappa shape index (κ2) is 13.0. The number of hydrogen-bond acceptors (Lipinski definition) is 8. The van der Waals surface area contributed by atoms with E-state index in [1.165, 1.54) is 33.5 Å². The van der Waals surface area contributed by atoms with Crippen molar-refractivity contribution in [2.45, 2.75) is 27.2 Å². The Bertz CT molecular complexity index is 966. The van der Waals surface area contributed by atoms with Crippen LogP contribution in [0.3, 0.4) is 0 Å². The minimum atomic E-state index is -0.544. The SMILES string of the molecule is CCOc1cc(C(=O)NNC(=O)Cc2ccc(OC)c(OC)c2OC)cc(OCC)c1OCC. The van der Waals surface area contributed by atoms with Gasteiger partial charge in [0, 0.05) is 11.1 Å². The molecule has 0 bridgehead atoms. The van der Waals surface area contributed by atoms with Crippen molar-refractivity contribution in [1.82, 2.24) is 10.9 Å². The summed E-state index contributed by atoms with van der Waals surface area (Å²) in [6.07, 6.45) is -0.0680. The van der Waals surface area contributed by atoms with Gasteiger partial charge in [-0.1, -0.05) is 6.07 Å². The van der Waals surface area contributed by atoms with Crippen molar-refractivity contribution in [2.75, 3.05) is 41.2 Å². The number of hydrogen-bond donors (Lipinski definition) is 2. The van der Waals surface area contributed by atoms with Crippen LogP contribution >= 0.6 is 0 Å². The number of amides is 2. The van der Waals surface area contributed by atoms with Crippen molar-refractivity contribution >= 4 is 11.8 Å². The van der Waals surface area contributed by atoms with Crippen LogP contribution in [0.5, 0.6) is 34.5 Å². The van der Waals surface area contributed by atoms with E-state index < -0.39 is 11.8 Å². The van der Waals surface area contributed by atoms with E-state index >= 15 is 0 Å². The molecule has 0 spiro atoms. The minimum absolute atomic E-state index is 0.0680. The summed E-state index contributed by atoms with van der Waals surface area (Å²) in [5.74, 6) is 1.40. The number of carbonyl (C=O) groups is 2. The van der Waals surface area contributed by atoms with E-state index in [4.69, 9.17) is 28.4 Å². The van der Waals surface area contributed by atoms with Gasteiger partial charge in [-0.2, -0.15) is 0 Å². The molecule has 0 aliphatic heterocycles. The predicted molar refractivity (Wildman–Crippen MR) is 125 cm³/mol. The zero-order chi connectivity index (χ0) is 25.1. The van der Waals surface area contributed by atoms with Crippen molar-refractivity contribution in [2.24, 2.45) is 0 Å². The quantitative estimate of drug-likeness (QED) is 0.450. The maximum Gasteiger partial charge on any atom is 0.269 e. The summed E-state index contributed by atoms with van der Waals surface area (Å²) in [5.41, 5.74) is 5.62. The lowest BCUT2D eigenvalue weighted by atomic mass is 10.1. The van der Waals surface area contributed by atoms with Crippen LogP contribution in [-0.4, -0.2) is 53.0 Å². The lowest BCUT2D eigenvalue weighted by molar-refractivity contribution is -0.121. The second-order valence-corrected chi connectivity index (χ2v) is 6.77. The van der Waals surface area contributed by atoms with Crippen molar-refractivity contribution in [3.63, 3.8) is 0 Å². The first-order valence-corrected chi connectivity index (χ1v) is 10.9. The molecule has 34 heavy (non-hydrogen) atoms. The van der Waals surface area contributed by atoms with E-state index in [1.54, 1.807) is 12.1 Å². The van der Waals surface area contributed by atoms with Crippen LogP contribution in [0.4, 0.5) is 0 Å². The summed E-state index contributed by atoms with van der Waals surface area (Å²) in [5, 5.41) is 0. The Balaban J connectivity index is 2.17. The molecule has 0 fully saturated rings. The lowest BCUT2D eigenvalue weighted by Gasteiger charge is -2.17. The van der Waals surface area contributed by atoms with E-state index in [2.05, 4.69) is 10.9 Å².